The maximum absolute atomic E-state index is 13.2. The van der Waals surface area contributed by atoms with Crippen molar-refractivity contribution in [2.45, 2.75) is 64.6 Å². The molecule has 6 nitrogen and oxygen atoms in total. The van der Waals surface area contributed by atoms with Gasteiger partial charge in [-0.2, -0.15) is 0 Å². The minimum absolute atomic E-state index is 0.0511. The summed E-state index contributed by atoms with van der Waals surface area (Å²) in [4.78, 5) is 29.4. The fraction of sp³-hybridized carbons (Fsp3) is 0.583. The van der Waals surface area contributed by atoms with Gasteiger partial charge in [0.2, 0.25) is 5.91 Å². The molecule has 1 fully saturated rings. The molecule has 31 heavy (non-hydrogen) atoms. The minimum atomic E-state index is -0.460. The third kappa shape index (κ3) is 5.07. The van der Waals surface area contributed by atoms with E-state index in [-0.39, 0.29) is 23.8 Å². The summed E-state index contributed by atoms with van der Waals surface area (Å²) in [5.74, 6) is 0.167. The average Bonchev–Trinajstić information content (AvgIpc) is 3.35. The van der Waals surface area contributed by atoms with Gasteiger partial charge < -0.3 is 20.1 Å². The van der Waals surface area contributed by atoms with E-state index in [1.165, 1.54) is 0 Å². The van der Waals surface area contributed by atoms with E-state index >= 15 is 0 Å². The second-order valence-electron chi connectivity index (χ2n) is 9.03. The zero-order valence-corrected chi connectivity index (χ0v) is 19.9. The molecule has 1 aliphatic heterocycles. The van der Waals surface area contributed by atoms with Crippen LogP contribution in [0.3, 0.4) is 0 Å². The van der Waals surface area contributed by atoms with Gasteiger partial charge in [-0.05, 0) is 43.4 Å². The van der Waals surface area contributed by atoms with Crippen molar-refractivity contribution >= 4 is 34.3 Å². The SMILES string of the molecule is CCCCC(C)[C@H](N)C(=O)N1CCC[C@H]1Cn1cc(C(=O)N(C)C)c2cc(Cl)ccc21. The fourth-order valence-electron chi connectivity index (χ4n) is 4.51. The number of unbranched alkanes of at least 4 members (excludes halogenated alkanes) is 1. The van der Waals surface area contributed by atoms with Crippen molar-refractivity contribution in [3.05, 3.63) is 35.0 Å². The van der Waals surface area contributed by atoms with Crippen LogP contribution in [0.15, 0.2) is 24.4 Å². The number of halogens is 1. The molecule has 1 aromatic heterocycles. The number of benzene rings is 1. The zero-order chi connectivity index (χ0) is 22.7. The van der Waals surface area contributed by atoms with Gasteiger partial charge in [0.25, 0.3) is 5.91 Å². The van der Waals surface area contributed by atoms with Gasteiger partial charge in [-0.3, -0.25) is 9.59 Å². The number of amides is 2. The number of carbonyl (C=O) groups is 2. The first kappa shape index (κ1) is 23.6. The summed E-state index contributed by atoms with van der Waals surface area (Å²) in [7, 11) is 3.49. The van der Waals surface area contributed by atoms with Gasteiger partial charge in [-0.25, -0.2) is 0 Å². The number of carbonyl (C=O) groups excluding carboxylic acids is 2. The number of rotatable bonds is 8. The van der Waals surface area contributed by atoms with Crippen LogP contribution < -0.4 is 5.73 Å². The Morgan fingerprint density at radius 2 is 2.06 bits per heavy atom. The molecular formula is C24H35ClN4O2. The number of hydrogen-bond acceptors (Lipinski definition) is 3. The summed E-state index contributed by atoms with van der Waals surface area (Å²) in [6.45, 7) is 5.61. The van der Waals surface area contributed by atoms with Crippen LogP contribution >= 0.6 is 11.6 Å². The summed E-state index contributed by atoms with van der Waals surface area (Å²) in [6.07, 6.45) is 6.98. The Morgan fingerprint density at radius 1 is 1.32 bits per heavy atom. The molecule has 0 bridgehead atoms. The fourth-order valence-corrected chi connectivity index (χ4v) is 4.69. The Morgan fingerprint density at radius 3 is 2.74 bits per heavy atom. The molecule has 1 saturated heterocycles. The Kier molecular flexibility index (Phi) is 7.65. The molecule has 2 amide bonds. The van der Waals surface area contributed by atoms with E-state index in [1.54, 1.807) is 19.0 Å². The first-order chi connectivity index (χ1) is 14.7. The predicted octanol–water partition coefficient (Wildman–Crippen LogP) is 4.14. The Hall–Kier alpha value is -2.05. The highest BCUT2D eigenvalue weighted by atomic mass is 35.5. The molecule has 0 saturated carbocycles. The lowest BCUT2D eigenvalue weighted by Crippen LogP contribution is -2.49. The second kappa shape index (κ2) is 10.0. The largest absolute Gasteiger partial charge is 0.345 e. The van der Waals surface area contributed by atoms with E-state index < -0.39 is 6.04 Å². The molecule has 170 valence electrons. The third-order valence-corrected chi connectivity index (χ3v) is 6.69. The van der Waals surface area contributed by atoms with Crippen LogP contribution in [0.2, 0.25) is 5.02 Å². The Balaban J connectivity index is 1.84. The molecular weight excluding hydrogens is 412 g/mol. The summed E-state index contributed by atoms with van der Waals surface area (Å²) < 4.78 is 2.09. The van der Waals surface area contributed by atoms with E-state index in [9.17, 15) is 9.59 Å². The first-order valence-corrected chi connectivity index (χ1v) is 11.7. The first-order valence-electron chi connectivity index (χ1n) is 11.3. The molecule has 0 radical (unpaired) electrons. The van der Waals surface area contributed by atoms with Crippen LogP contribution in [0.25, 0.3) is 10.9 Å². The molecule has 1 aliphatic rings. The van der Waals surface area contributed by atoms with Crippen LogP contribution in [0, 0.1) is 5.92 Å². The quantitative estimate of drug-likeness (QED) is 0.662. The summed E-state index contributed by atoms with van der Waals surface area (Å²) in [6, 6.07) is 5.24. The number of aromatic nitrogens is 1. The zero-order valence-electron chi connectivity index (χ0n) is 19.1. The standard InChI is InChI=1S/C24H35ClN4O2/c1-5-6-8-16(2)22(26)24(31)29-12-7-9-18(29)14-28-15-20(23(30)27(3)4)19-13-17(25)10-11-21(19)28/h10-11,13,15-16,18,22H,5-9,12,14,26H2,1-4H3/t16?,18-,22-/m0/s1. The average molecular weight is 447 g/mol. The van der Waals surface area contributed by atoms with E-state index in [1.807, 2.05) is 29.3 Å². The molecule has 0 aliphatic carbocycles. The molecule has 7 heteroatoms. The summed E-state index contributed by atoms with van der Waals surface area (Å²) in [5, 5.41) is 1.44. The molecule has 3 atom stereocenters. The van der Waals surface area contributed by atoms with Crippen molar-refractivity contribution in [1.29, 1.82) is 0 Å². The molecule has 3 rings (SSSR count). The highest BCUT2D eigenvalue weighted by molar-refractivity contribution is 6.31. The van der Waals surface area contributed by atoms with Gasteiger partial charge in [-0.15, -0.1) is 0 Å². The lowest BCUT2D eigenvalue weighted by molar-refractivity contribution is -0.134. The van der Waals surface area contributed by atoms with Crippen LogP contribution in [-0.4, -0.2) is 58.9 Å². The number of nitrogens with two attached hydrogens (primary N) is 1. The van der Waals surface area contributed by atoms with Crippen molar-refractivity contribution in [2.24, 2.45) is 11.7 Å². The van der Waals surface area contributed by atoms with Gasteiger partial charge >= 0.3 is 0 Å². The van der Waals surface area contributed by atoms with E-state index in [0.29, 0.717) is 17.1 Å². The maximum atomic E-state index is 13.2. The van der Waals surface area contributed by atoms with Crippen LogP contribution in [0.1, 0.15) is 56.3 Å². The van der Waals surface area contributed by atoms with Crippen LogP contribution in [-0.2, 0) is 11.3 Å². The van der Waals surface area contributed by atoms with Crippen molar-refractivity contribution in [3.63, 3.8) is 0 Å². The number of hydrogen-bond donors (Lipinski definition) is 1. The topological polar surface area (TPSA) is 71.6 Å². The summed E-state index contributed by atoms with van der Waals surface area (Å²) in [5.41, 5.74) is 7.94. The highest BCUT2D eigenvalue weighted by Crippen LogP contribution is 2.29. The Bertz CT molecular complexity index is 939. The molecule has 0 spiro atoms. The number of fused-ring (bicyclic) bond motifs is 1. The van der Waals surface area contributed by atoms with Crippen molar-refractivity contribution in [3.8, 4) is 0 Å². The summed E-state index contributed by atoms with van der Waals surface area (Å²) >= 11 is 6.22. The third-order valence-electron chi connectivity index (χ3n) is 6.46. The normalized spacial score (nSPS) is 18.4. The van der Waals surface area contributed by atoms with E-state index in [2.05, 4.69) is 18.4 Å². The van der Waals surface area contributed by atoms with Gasteiger partial charge in [0.15, 0.2) is 0 Å². The molecule has 2 heterocycles. The molecule has 2 aromatic rings. The van der Waals surface area contributed by atoms with E-state index in [4.69, 9.17) is 17.3 Å². The van der Waals surface area contributed by atoms with Crippen molar-refractivity contribution in [1.82, 2.24) is 14.4 Å². The number of nitrogens with zero attached hydrogens (tertiary/aromatic N) is 3. The molecule has 2 N–H and O–H groups in total. The Labute approximate surface area is 190 Å². The monoisotopic (exact) mass is 446 g/mol. The smallest absolute Gasteiger partial charge is 0.255 e. The maximum Gasteiger partial charge on any atom is 0.255 e. The van der Waals surface area contributed by atoms with Crippen molar-refractivity contribution in [2.75, 3.05) is 20.6 Å². The van der Waals surface area contributed by atoms with Gasteiger partial charge in [0.05, 0.1) is 11.6 Å². The van der Waals surface area contributed by atoms with Gasteiger partial charge in [-0.1, -0.05) is 38.3 Å². The molecule has 1 unspecified atom stereocenters. The lowest BCUT2D eigenvalue weighted by Gasteiger charge is -2.30. The second-order valence-corrected chi connectivity index (χ2v) is 9.47. The highest BCUT2D eigenvalue weighted by Gasteiger charge is 2.34. The van der Waals surface area contributed by atoms with Gasteiger partial charge in [0.1, 0.15) is 0 Å². The number of likely N-dealkylation sites (tertiary alicyclic amines) is 1. The minimum Gasteiger partial charge on any atom is -0.345 e. The van der Waals surface area contributed by atoms with Crippen LogP contribution in [0.4, 0.5) is 0 Å². The van der Waals surface area contributed by atoms with Crippen molar-refractivity contribution < 1.29 is 9.59 Å². The lowest BCUT2D eigenvalue weighted by atomic mass is 9.95. The van der Waals surface area contributed by atoms with Gasteiger partial charge in [0, 0.05) is 55.3 Å². The predicted molar refractivity (Wildman–Crippen MR) is 126 cm³/mol. The molecule has 1 aromatic carbocycles. The van der Waals surface area contributed by atoms with Crippen LogP contribution in [0.5, 0.6) is 0 Å². The van der Waals surface area contributed by atoms with E-state index in [0.717, 1.165) is 49.6 Å².